The van der Waals surface area contributed by atoms with E-state index < -0.39 is 43.3 Å². The van der Waals surface area contributed by atoms with E-state index in [4.69, 9.17) is 9.57 Å². The Labute approximate surface area is 158 Å². The van der Waals surface area contributed by atoms with Crippen molar-refractivity contribution in [3.63, 3.8) is 0 Å². The summed E-state index contributed by atoms with van der Waals surface area (Å²) in [5.74, 6) is -0.173. The van der Waals surface area contributed by atoms with Gasteiger partial charge >= 0.3 is 6.09 Å². The number of amides is 1. The van der Waals surface area contributed by atoms with Crippen molar-refractivity contribution >= 4 is 21.8 Å². The van der Waals surface area contributed by atoms with Crippen LogP contribution in [0.1, 0.15) is 34.6 Å². The van der Waals surface area contributed by atoms with Crippen LogP contribution in [0.2, 0.25) is 0 Å². The molecular weight excluding hydrogens is 378 g/mol. The minimum atomic E-state index is -4.15. The summed E-state index contributed by atoms with van der Waals surface area (Å²) in [6.07, 6.45) is -1.54. The zero-order valence-corrected chi connectivity index (χ0v) is 16.7. The third-order valence-electron chi connectivity index (χ3n) is 3.26. The molecular formula is C16H25N3O7S. The smallest absolute Gasteiger partial charge is 0.431 e. The normalized spacial score (nSPS) is 13.3. The first-order chi connectivity index (χ1) is 12.3. The summed E-state index contributed by atoms with van der Waals surface area (Å²) in [7, 11) is -4.15. The molecule has 1 aromatic carbocycles. The zero-order chi connectivity index (χ0) is 20.8. The number of nitrogens with zero attached hydrogens (tertiary/aromatic N) is 1. The molecule has 0 saturated carbocycles. The van der Waals surface area contributed by atoms with E-state index in [0.717, 1.165) is 12.1 Å². The van der Waals surface area contributed by atoms with Crippen LogP contribution >= 0.6 is 0 Å². The number of nitro groups is 1. The number of carbonyl (C=O) groups is 1. The molecule has 0 fully saturated rings. The third-order valence-corrected chi connectivity index (χ3v) is 4.73. The fourth-order valence-corrected chi connectivity index (χ4v) is 3.16. The van der Waals surface area contributed by atoms with Crippen LogP contribution in [0.25, 0.3) is 0 Å². The number of benzene rings is 1. The highest BCUT2D eigenvalue weighted by molar-refractivity contribution is 7.89. The number of para-hydroxylation sites is 1. The average Bonchev–Trinajstić information content (AvgIpc) is 2.52. The van der Waals surface area contributed by atoms with Crippen LogP contribution in [0.5, 0.6) is 0 Å². The molecule has 1 aromatic rings. The number of nitro benzene ring substituents is 1. The molecule has 0 bridgehead atoms. The van der Waals surface area contributed by atoms with Crippen molar-refractivity contribution < 1.29 is 27.7 Å². The summed E-state index contributed by atoms with van der Waals surface area (Å²) in [5, 5.41) is 11.0. The highest BCUT2D eigenvalue weighted by Gasteiger charge is 2.27. The number of carbonyl (C=O) groups excluding carboxylic acids is 1. The fourth-order valence-electron chi connectivity index (χ4n) is 1.94. The molecule has 0 radical (unpaired) electrons. The molecule has 2 N–H and O–H groups in total. The van der Waals surface area contributed by atoms with E-state index in [1.165, 1.54) is 12.1 Å². The van der Waals surface area contributed by atoms with Gasteiger partial charge in [-0.05, 0) is 32.8 Å². The Morgan fingerprint density at radius 2 is 1.85 bits per heavy atom. The van der Waals surface area contributed by atoms with Crippen molar-refractivity contribution in [2.24, 2.45) is 5.92 Å². The average molecular weight is 403 g/mol. The Kier molecular flexibility index (Phi) is 7.69. The molecule has 0 aromatic heterocycles. The van der Waals surface area contributed by atoms with Gasteiger partial charge in [-0.25, -0.2) is 17.9 Å². The molecule has 0 saturated heterocycles. The monoisotopic (exact) mass is 403 g/mol. The molecule has 1 unspecified atom stereocenters. The van der Waals surface area contributed by atoms with Gasteiger partial charge in [0.15, 0.2) is 4.90 Å². The number of hydrogen-bond donors (Lipinski definition) is 2. The summed E-state index contributed by atoms with van der Waals surface area (Å²) in [5.41, 5.74) is 0.880. The van der Waals surface area contributed by atoms with Gasteiger partial charge in [0, 0.05) is 12.6 Å². The molecule has 1 amide bonds. The minimum absolute atomic E-state index is 0.173. The molecule has 0 heterocycles. The van der Waals surface area contributed by atoms with E-state index in [1.54, 1.807) is 34.6 Å². The molecule has 152 valence electrons. The van der Waals surface area contributed by atoms with Crippen molar-refractivity contribution in [1.29, 1.82) is 0 Å². The van der Waals surface area contributed by atoms with E-state index in [-0.39, 0.29) is 12.5 Å². The van der Waals surface area contributed by atoms with Crippen LogP contribution in [0, 0.1) is 16.0 Å². The van der Waals surface area contributed by atoms with E-state index in [0.29, 0.717) is 0 Å². The maximum atomic E-state index is 12.4. The molecule has 1 atom stereocenters. The van der Waals surface area contributed by atoms with Gasteiger partial charge in [0.2, 0.25) is 10.0 Å². The fraction of sp³-hybridized carbons (Fsp3) is 0.562. The largest absolute Gasteiger partial charge is 0.442 e. The lowest BCUT2D eigenvalue weighted by Gasteiger charge is -2.24. The van der Waals surface area contributed by atoms with Crippen LogP contribution in [-0.2, 0) is 19.6 Å². The molecule has 27 heavy (non-hydrogen) atoms. The van der Waals surface area contributed by atoms with Crippen molar-refractivity contribution in [2.75, 3.05) is 6.54 Å². The second-order valence-corrected chi connectivity index (χ2v) is 8.82. The van der Waals surface area contributed by atoms with Crippen LogP contribution in [-0.4, -0.2) is 37.7 Å². The summed E-state index contributed by atoms with van der Waals surface area (Å²) >= 11 is 0. The van der Waals surface area contributed by atoms with E-state index >= 15 is 0 Å². The highest BCUT2D eigenvalue weighted by Crippen LogP contribution is 2.22. The summed E-state index contributed by atoms with van der Waals surface area (Å²) in [6, 6.07) is 5.02. The summed E-state index contributed by atoms with van der Waals surface area (Å²) < 4.78 is 32.2. The Balaban J connectivity index is 2.79. The van der Waals surface area contributed by atoms with Gasteiger partial charge in [0.05, 0.1) is 4.92 Å². The van der Waals surface area contributed by atoms with E-state index in [2.05, 4.69) is 10.2 Å². The van der Waals surface area contributed by atoms with Crippen LogP contribution < -0.4 is 10.2 Å². The molecule has 1 rings (SSSR count). The number of ether oxygens (including phenoxy) is 1. The lowest BCUT2D eigenvalue weighted by atomic mass is 10.1. The number of hydrogen-bond acceptors (Lipinski definition) is 7. The van der Waals surface area contributed by atoms with E-state index in [1.807, 2.05) is 0 Å². The second-order valence-electron chi connectivity index (χ2n) is 7.08. The topological polar surface area (TPSA) is 137 Å². The van der Waals surface area contributed by atoms with Gasteiger partial charge in [-0.15, -0.1) is 0 Å². The zero-order valence-electron chi connectivity index (χ0n) is 15.9. The molecule has 0 spiro atoms. The Morgan fingerprint density at radius 1 is 1.26 bits per heavy atom. The minimum Gasteiger partial charge on any atom is -0.442 e. The van der Waals surface area contributed by atoms with E-state index in [9.17, 15) is 23.3 Å². The van der Waals surface area contributed by atoms with Gasteiger partial charge in [-0.3, -0.25) is 15.0 Å². The van der Waals surface area contributed by atoms with Crippen molar-refractivity contribution in [2.45, 2.75) is 51.2 Å². The number of hydroxylamine groups is 1. The van der Waals surface area contributed by atoms with Gasteiger partial charge in [0.25, 0.3) is 5.69 Å². The lowest BCUT2D eigenvalue weighted by Crippen LogP contribution is -2.42. The third kappa shape index (κ3) is 7.49. The maximum Gasteiger partial charge on any atom is 0.431 e. The molecule has 0 aliphatic carbocycles. The number of rotatable bonds is 8. The summed E-state index contributed by atoms with van der Waals surface area (Å²) in [6.45, 7) is 8.39. The van der Waals surface area contributed by atoms with Gasteiger partial charge < -0.3 is 4.74 Å². The summed E-state index contributed by atoms with van der Waals surface area (Å²) in [4.78, 5) is 26.7. The predicted molar refractivity (Wildman–Crippen MR) is 97.4 cm³/mol. The maximum absolute atomic E-state index is 12.4. The molecule has 0 aliphatic heterocycles. The Bertz CT molecular complexity index is 772. The van der Waals surface area contributed by atoms with Crippen LogP contribution in [0.4, 0.5) is 10.5 Å². The predicted octanol–water partition coefficient (Wildman–Crippen LogP) is 2.35. The first-order valence-corrected chi connectivity index (χ1v) is 9.69. The van der Waals surface area contributed by atoms with Gasteiger partial charge in [-0.2, -0.15) is 5.48 Å². The number of nitrogens with one attached hydrogen (secondary N) is 2. The number of sulfonamides is 1. The van der Waals surface area contributed by atoms with Gasteiger partial charge in [0.1, 0.15) is 11.7 Å². The lowest BCUT2D eigenvalue weighted by molar-refractivity contribution is -0.387. The second kappa shape index (κ2) is 9.11. The standard InChI is InChI=1S/C16H25N3O7S/c1-11(2)13(26-18-15(20)25-16(3,4)5)10-17-27(23,24)14-9-7-6-8-12(14)19(21)22/h6-9,11,13,17H,10H2,1-5H3,(H,18,20). The van der Waals surface area contributed by atoms with Crippen LogP contribution in [0.15, 0.2) is 29.2 Å². The quantitative estimate of drug-likeness (QED) is 0.502. The molecule has 10 nitrogen and oxygen atoms in total. The van der Waals surface area contributed by atoms with Crippen molar-refractivity contribution in [3.8, 4) is 0 Å². The first kappa shape index (κ1) is 22.8. The van der Waals surface area contributed by atoms with Crippen molar-refractivity contribution in [3.05, 3.63) is 34.4 Å². The molecule has 11 heteroatoms. The Hall–Kier alpha value is -2.24. The first-order valence-electron chi connectivity index (χ1n) is 8.21. The Morgan fingerprint density at radius 3 is 2.37 bits per heavy atom. The molecule has 0 aliphatic rings. The highest BCUT2D eigenvalue weighted by atomic mass is 32.2. The van der Waals surface area contributed by atoms with Gasteiger partial charge in [-0.1, -0.05) is 26.0 Å². The van der Waals surface area contributed by atoms with Crippen molar-refractivity contribution in [1.82, 2.24) is 10.2 Å². The van der Waals surface area contributed by atoms with Crippen LogP contribution in [0.3, 0.4) is 0 Å². The SMILES string of the molecule is CC(C)C(CNS(=O)(=O)c1ccccc1[N+](=O)[O-])ONC(=O)OC(C)(C)C.